The minimum Gasteiger partial charge on any atom is -0.467 e. The summed E-state index contributed by atoms with van der Waals surface area (Å²) in [6.07, 6.45) is 5.21. The van der Waals surface area contributed by atoms with E-state index in [-0.39, 0.29) is 29.2 Å². The first kappa shape index (κ1) is 24.6. The molecule has 0 unspecified atom stereocenters. The Bertz CT molecular complexity index is 1040. The highest BCUT2D eigenvalue weighted by atomic mass is 16.5. The molecule has 4 N–H and O–H groups in total. The molecule has 11 heteroatoms. The largest absolute Gasteiger partial charge is 0.467 e. The maximum absolute atomic E-state index is 12.6. The normalized spacial score (nSPS) is 17.9. The van der Waals surface area contributed by atoms with E-state index in [9.17, 15) is 9.59 Å². The molecular weight excluding hydrogens is 450 g/mol. The Hall–Kier alpha value is -3.47. The van der Waals surface area contributed by atoms with E-state index in [0.29, 0.717) is 11.5 Å². The SMILES string of the molecule is C1CCOC1.COc1nc(C(=O)N2CCC2)cc(N2CCC(c3ccc(N)c(C(N)=O)n3)CC2)n1. The van der Waals surface area contributed by atoms with Crippen LogP contribution < -0.4 is 21.1 Å². The van der Waals surface area contributed by atoms with Crippen LogP contribution in [-0.4, -0.2) is 78.2 Å². The zero-order valence-electron chi connectivity index (χ0n) is 20.1. The highest BCUT2D eigenvalue weighted by Gasteiger charge is 2.27. The van der Waals surface area contributed by atoms with Crippen molar-refractivity contribution in [2.75, 3.05) is 57.1 Å². The lowest BCUT2D eigenvalue weighted by Gasteiger charge is -2.33. The fraction of sp³-hybridized carbons (Fsp3) is 0.542. The van der Waals surface area contributed by atoms with Crippen LogP contribution in [0.15, 0.2) is 18.2 Å². The van der Waals surface area contributed by atoms with Gasteiger partial charge in [0.1, 0.15) is 11.5 Å². The van der Waals surface area contributed by atoms with Crippen LogP contribution in [0, 0.1) is 0 Å². The molecule has 0 bridgehead atoms. The van der Waals surface area contributed by atoms with Crippen LogP contribution in [0.1, 0.15) is 64.7 Å². The highest BCUT2D eigenvalue weighted by molar-refractivity contribution is 5.96. The van der Waals surface area contributed by atoms with Crippen molar-refractivity contribution in [1.29, 1.82) is 0 Å². The number of likely N-dealkylation sites (tertiary alicyclic amines) is 1. The molecule has 3 saturated heterocycles. The second-order valence-corrected chi connectivity index (χ2v) is 8.86. The van der Waals surface area contributed by atoms with Crippen molar-refractivity contribution < 1.29 is 19.1 Å². The third-order valence-corrected chi connectivity index (χ3v) is 6.48. The van der Waals surface area contributed by atoms with Gasteiger partial charge >= 0.3 is 6.01 Å². The van der Waals surface area contributed by atoms with Gasteiger partial charge in [-0.2, -0.15) is 9.97 Å². The van der Waals surface area contributed by atoms with Gasteiger partial charge in [-0.3, -0.25) is 9.59 Å². The van der Waals surface area contributed by atoms with Crippen LogP contribution in [0.2, 0.25) is 0 Å². The van der Waals surface area contributed by atoms with E-state index in [2.05, 4.69) is 19.9 Å². The van der Waals surface area contributed by atoms with E-state index in [1.54, 1.807) is 17.0 Å². The molecule has 0 aromatic carbocycles. The van der Waals surface area contributed by atoms with Crippen molar-refractivity contribution in [2.45, 2.75) is 38.0 Å². The van der Waals surface area contributed by atoms with Gasteiger partial charge in [-0.1, -0.05) is 0 Å². The summed E-state index contributed by atoms with van der Waals surface area (Å²) in [7, 11) is 1.49. The average molecular weight is 484 g/mol. The number of ether oxygens (including phenoxy) is 2. The van der Waals surface area contributed by atoms with Crippen molar-refractivity contribution >= 4 is 23.3 Å². The summed E-state index contributed by atoms with van der Waals surface area (Å²) in [6.45, 7) is 4.96. The Labute approximate surface area is 204 Å². The van der Waals surface area contributed by atoms with E-state index in [1.165, 1.54) is 20.0 Å². The van der Waals surface area contributed by atoms with Crippen molar-refractivity contribution in [2.24, 2.45) is 5.73 Å². The number of anilines is 2. The quantitative estimate of drug-likeness (QED) is 0.646. The topological polar surface area (TPSA) is 150 Å². The van der Waals surface area contributed by atoms with Crippen molar-refractivity contribution in [3.8, 4) is 6.01 Å². The van der Waals surface area contributed by atoms with Gasteiger partial charge in [0.15, 0.2) is 5.69 Å². The standard InChI is InChI=1S/C20H25N7O3.C4H8O/c1-30-20-24-15(19(29)27-7-2-8-27)11-16(25-20)26-9-5-12(6-10-26)14-4-3-13(21)17(23-14)18(22)28;1-2-4-5-3-1/h3-4,11-12H,2,5-10,21H2,1H3,(H2,22,28);1-4H2. The van der Waals surface area contributed by atoms with Crippen LogP contribution in [0.25, 0.3) is 0 Å². The van der Waals surface area contributed by atoms with Gasteiger partial charge in [0.25, 0.3) is 11.8 Å². The van der Waals surface area contributed by atoms with Gasteiger partial charge in [-0.15, -0.1) is 0 Å². The lowest BCUT2D eigenvalue weighted by atomic mass is 9.92. The molecule has 0 radical (unpaired) electrons. The number of carbonyl (C=O) groups is 2. The lowest BCUT2D eigenvalue weighted by molar-refractivity contribution is 0.0644. The summed E-state index contributed by atoms with van der Waals surface area (Å²) in [4.78, 5) is 41.0. The number of nitrogens with zero attached hydrogens (tertiary/aromatic N) is 5. The number of aromatic nitrogens is 3. The van der Waals surface area contributed by atoms with Crippen LogP contribution in [-0.2, 0) is 4.74 Å². The van der Waals surface area contributed by atoms with E-state index >= 15 is 0 Å². The molecule has 3 aliphatic heterocycles. The van der Waals surface area contributed by atoms with Gasteiger partial charge in [0, 0.05) is 57.1 Å². The van der Waals surface area contributed by atoms with Crippen LogP contribution in [0.3, 0.4) is 0 Å². The number of hydrogen-bond acceptors (Lipinski definition) is 9. The Kier molecular flexibility index (Phi) is 7.96. The molecular formula is C24H33N7O4. The summed E-state index contributed by atoms with van der Waals surface area (Å²) in [5.41, 5.74) is 12.7. The molecule has 0 aliphatic carbocycles. The predicted molar refractivity (Wildman–Crippen MR) is 131 cm³/mol. The van der Waals surface area contributed by atoms with E-state index in [0.717, 1.165) is 64.3 Å². The minimum atomic E-state index is -0.626. The Morgan fingerprint density at radius 1 is 1.03 bits per heavy atom. The first-order valence-corrected chi connectivity index (χ1v) is 12.1. The first-order valence-electron chi connectivity index (χ1n) is 12.1. The summed E-state index contributed by atoms with van der Waals surface area (Å²) >= 11 is 0. The van der Waals surface area contributed by atoms with E-state index in [4.69, 9.17) is 20.9 Å². The van der Waals surface area contributed by atoms with Crippen molar-refractivity contribution in [3.05, 3.63) is 35.3 Å². The number of pyridine rings is 1. The molecule has 2 aromatic rings. The van der Waals surface area contributed by atoms with Crippen molar-refractivity contribution in [3.63, 3.8) is 0 Å². The number of nitrogen functional groups attached to an aromatic ring is 1. The first-order chi connectivity index (χ1) is 17.0. The number of hydrogen-bond donors (Lipinski definition) is 2. The van der Waals surface area contributed by atoms with Gasteiger partial charge in [0.2, 0.25) is 0 Å². The smallest absolute Gasteiger partial charge is 0.318 e. The summed E-state index contributed by atoms with van der Waals surface area (Å²) in [6, 6.07) is 5.44. The maximum Gasteiger partial charge on any atom is 0.318 e. The molecule has 2 aromatic heterocycles. The van der Waals surface area contributed by atoms with Gasteiger partial charge in [0.05, 0.1) is 12.8 Å². The number of amides is 2. The predicted octanol–water partition coefficient (Wildman–Crippen LogP) is 1.59. The maximum atomic E-state index is 12.6. The molecule has 188 valence electrons. The summed E-state index contributed by atoms with van der Waals surface area (Å²) < 4.78 is 10.2. The second-order valence-electron chi connectivity index (χ2n) is 8.86. The zero-order chi connectivity index (χ0) is 24.8. The Morgan fingerprint density at radius 2 is 1.74 bits per heavy atom. The third-order valence-electron chi connectivity index (χ3n) is 6.48. The van der Waals surface area contributed by atoms with Crippen LogP contribution in [0.4, 0.5) is 11.5 Å². The molecule has 35 heavy (non-hydrogen) atoms. The zero-order valence-corrected chi connectivity index (χ0v) is 20.1. The molecule has 3 fully saturated rings. The van der Waals surface area contributed by atoms with Crippen LogP contribution in [0.5, 0.6) is 6.01 Å². The monoisotopic (exact) mass is 483 g/mol. The minimum absolute atomic E-state index is 0.0943. The van der Waals surface area contributed by atoms with Gasteiger partial charge in [-0.25, -0.2) is 4.98 Å². The molecule has 3 aliphatic rings. The van der Waals surface area contributed by atoms with E-state index in [1.807, 2.05) is 6.07 Å². The Morgan fingerprint density at radius 3 is 2.29 bits per heavy atom. The number of primary amides is 1. The molecule has 5 rings (SSSR count). The number of piperidine rings is 1. The number of carbonyl (C=O) groups excluding carboxylic acids is 2. The molecule has 2 amide bonds. The highest BCUT2D eigenvalue weighted by Crippen LogP contribution is 2.30. The second kappa shape index (κ2) is 11.3. The molecule has 0 saturated carbocycles. The number of nitrogens with two attached hydrogens (primary N) is 2. The lowest BCUT2D eigenvalue weighted by Crippen LogP contribution is -2.42. The Balaban J connectivity index is 0.000000514. The fourth-order valence-electron chi connectivity index (χ4n) is 4.28. The third kappa shape index (κ3) is 5.97. The van der Waals surface area contributed by atoms with Gasteiger partial charge < -0.3 is 30.7 Å². The number of methoxy groups -OCH3 is 1. The van der Waals surface area contributed by atoms with E-state index < -0.39 is 5.91 Å². The summed E-state index contributed by atoms with van der Waals surface area (Å²) in [5.74, 6) is 0.139. The molecule has 11 nitrogen and oxygen atoms in total. The van der Waals surface area contributed by atoms with Crippen LogP contribution >= 0.6 is 0 Å². The number of rotatable bonds is 5. The molecule has 0 atom stereocenters. The van der Waals surface area contributed by atoms with Gasteiger partial charge in [-0.05, 0) is 44.2 Å². The van der Waals surface area contributed by atoms with Crippen molar-refractivity contribution in [1.82, 2.24) is 19.9 Å². The molecule has 5 heterocycles. The molecule has 0 spiro atoms. The fourth-order valence-corrected chi connectivity index (χ4v) is 4.28. The summed E-state index contributed by atoms with van der Waals surface area (Å²) in [5, 5.41) is 0. The average Bonchev–Trinajstić information content (AvgIpc) is 3.43.